The van der Waals surface area contributed by atoms with Crippen LogP contribution in [0.25, 0.3) is 11.8 Å². The van der Waals surface area contributed by atoms with Gasteiger partial charge in [-0.05, 0) is 71.3 Å². The molecular weight excluding hydrogens is 398 g/mol. The normalized spacial score (nSPS) is 10.9. The Kier molecular flexibility index (Phi) is 6.86. The van der Waals surface area contributed by atoms with E-state index >= 15 is 0 Å². The molecule has 0 saturated heterocycles. The third-order valence-electron chi connectivity index (χ3n) is 4.80. The second-order valence-corrected chi connectivity index (χ2v) is 6.79. The molecule has 0 fully saturated rings. The van der Waals surface area contributed by atoms with Gasteiger partial charge in [-0.2, -0.15) is 4.68 Å². The van der Waals surface area contributed by atoms with Crippen LogP contribution >= 0.6 is 0 Å². The summed E-state index contributed by atoms with van der Waals surface area (Å²) in [5, 5.41) is 14.6. The Morgan fingerprint density at radius 1 is 1.03 bits per heavy atom. The summed E-state index contributed by atoms with van der Waals surface area (Å²) in [6, 6.07) is 9.46. The zero-order chi connectivity index (χ0) is 22.4. The van der Waals surface area contributed by atoms with Gasteiger partial charge in [0.05, 0.1) is 33.6 Å². The molecule has 1 heterocycles. The summed E-state index contributed by atoms with van der Waals surface area (Å²) < 4.78 is 17.6. The van der Waals surface area contributed by atoms with Crippen molar-refractivity contribution in [3.8, 4) is 22.9 Å². The number of nitrogens with one attached hydrogen (secondary N) is 1. The minimum absolute atomic E-state index is 0.179. The Hall–Kier alpha value is -3.88. The van der Waals surface area contributed by atoms with E-state index in [1.165, 1.54) is 33.0 Å². The Balaban J connectivity index is 1.70. The lowest BCUT2D eigenvalue weighted by Crippen LogP contribution is -2.22. The van der Waals surface area contributed by atoms with Gasteiger partial charge in [0.25, 0.3) is 0 Å². The molecule has 31 heavy (non-hydrogen) atoms. The number of nitrogens with zero attached hydrogens (tertiary/aromatic N) is 4. The van der Waals surface area contributed by atoms with Crippen LogP contribution in [0.5, 0.6) is 17.2 Å². The summed E-state index contributed by atoms with van der Waals surface area (Å²) in [5.41, 5.74) is 3.88. The minimum atomic E-state index is -0.289. The SMILES string of the molecule is COc1cc(/C=C/C(=O)NCc2nnnn2-c2ccc(C)c(C)c2)cc(OC)c1OC. The van der Waals surface area contributed by atoms with Crippen LogP contribution in [0.1, 0.15) is 22.5 Å². The highest BCUT2D eigenvalue weighted by molar-refractivity contribution is 5.91. The van der Waals surface area contributed by atoms with Gasteiger partial charge >= 0.3 is 0 Å². The molecule has 0 aliphatic heterocycles. The van der Waals surface area contributed by atoms with Crippen LogP contribution < -0.4 is 19.5 Å². The van der Waals surface area contributed by atoms with E-state index < -0.39 is 0 Å². The predicted molar refractivity (Wildman–Crippen MR) is 116 cm³/mol. The Bertz CT molecular complexity index is 1080. The first-order valence-electron chi connectivity index (χ1n) is 9.57. The minimum Gasteiger partial charge on any atom is -0.493 e. The number of amides is 1. The molecule has 9 heteroatoms. The molecule has 0 aliphatic rings. The number of carbonyl (C=O) groups excluding carboxylic acids is 1. The molecule has 0 bridgehead atoms. The van der Waals surface area contributed by atoms with Crippen LogP contribution in [0.2, 0.25) is 0 Å². The molecule has 3 aromatic rings. The topological polar surface area (TPSA) is 100 Å². The summed E-state index contributed by atoms with van der Waals surface area (Å²) >= 11 is 0. The molecule has 2 aromatic carbocycles. The average Bonchev–Trinajstić information content (AvgIpc) is 3.25. The molecular formula is C22H25N5O4. The fourth-order valence-electron chi connectivity index (χ4n) is 2.97. The quantitative estimate of drug-likeness (QED) is 0.556. The maximum absolute atomic E-state index is 12.3. The van der Waals surface area contributed by atoms with Gasteiger partial charge in [0, 0.05) is 6.08 Å². The molecule has 1 amide bonds. The number of hydrogen-bond acceptors (Lipinski definition) is 7. The number of ether oxygens (including phenoxy) is 3. The highest BCUT2D eigenvalue weighted by Gasteiger charge is 2.13. The van der Waals surface area contributed by atoms with E-state index in [0.29, 0.717) is 23.1 Å². The molecule has 0 aliphatic carbocycles. The largest absolute Gasteiger partial charge is 0.493 e. The standard InChI is InChI=1S/C22H25N5O4/c1-14-6-8-17(10-15(14)2)27-20(24-25-26-27)13-23-21(28)9-7-16-11-18(29-3)22(31-5)19(12-16)30-4/h6-12H,13H2,1-5H3,(H,23,28)/b9-7+. The lowest BCUT2D eigenvalue weighted by molar-refractivity contribution is -0.116. The van der Waals surface area contributed by atoms with Crippen molar-refractivity contribution in [3.05, 3.63) is 58.9 Å². The van der Waals surface area contributed by atoms with Gasteiger partial charge in [0.15, 0.2) is 17.3 Å². The van der Waals surface area contributed by atoms with Crippen molar-refractivity contribution in [3.63, 3.8) is 0 Å². The molecule has 9 nitrogen and oxygen atoms in total. The monoisotopic (exact) mass is 423 g/mol. The Morgan fingerprint density at radius 2 is 1.74 bits per heavy atom. The van der Waals surface area contributed by atoms with Crippen LogP contribution in [0.3, 0.4) is 0 Å². The van der Waals surface area contributed by atoms with Gasteiger partial charge in [-0.15, -0.1) is 5.10 Å². The number of carbonyl (C=O) groups is 1. The zero-order valence-electron chi connectivity index (χ0n) is 18.2. The lowest BCUT2D eigenvalue weighted by Gasteiger charge is -2.12. The highest BCUT2D eigenvalue weighted by atomic mass is 16.5. The van der Waals surface area contributed by atoms with E-state index in [0.717, 1.165) is 16.8 Å². The molecule has 1 aromatic heterocycles. The molecule has 1 N–H and O–H groups in total. The van der Waals surface area contributed by atoms with E-state index in [1.807, 2.05) is 32.0 Å². The van der Waals surface area contributed by atoms with Crippen molar-refractivity contribution >= 4 is 12.0 Å². The summed E-state index contributed by atoms with van der Waals surface area (Å²) in [4.78, 5) is 12.3. The number of tetrazole rings is 1. The van der Waals surface area contributed by atoms with Gasteiger partial charge < -0.3 is 19.5 Å². The second kappa shape index (κ2) is 9.75. The van der Waals surface area contributed by atoms with Gasteiger partial charge in [-0.1, -0.05) is 6.07 Å². The third-order valence-corrected chi connectivity index (χ3v) is 4.80. The van der Waals surface area contributed by atoms with Crippen molar-refractivity contribution in [2.24, 2.45) is 0 Å². The fraction of sp³-hybridized carbons (Fsp3) is 0.273. The molecule has 3 rings (SSSR count). The number of aromatic nitrogens is 4. The van der Waals surface area contributed by atoms with Crippen LogP contribution in [-0.2, 0) is 11.3 Å². The average molecular weight is 423 g/mol. The van der Waals surface area contributed by atoms with E-state index in [1.54, 1.807) is 22.9 Å². The Labute approximate surface area is 180 Å². The van der Waals surface area contributed by atoms with Crippen molar-refractivity contribution in [1.29, 1.82) is 0 Å². The molecule has 0 unspecified atom stereocenters. The maximum atomic E-state index is 12.3. The predicted octanol–water partition coefficient (Wildman–Crippen LogP) is 2.63. The van der Waals surface area contributed by atoms with Crippen molar-refractivity contribution in [2.45, 2.75) is 20.4 Å². The molecule has 0 atom stereocenters. The summed E-state index contributed by atoms with van der Waals surface area (Å²) in [5.74, 6) is 1.75. The zero-order valence-corrected chi connectivity index (χ0v) is 18.2. The smallest absolute Gasteiger partial charge is 0.244 e. The molecule has 0 saturated carbocycles. The van der Waals surface area contributed by atoms with Crippen LogP contribution in [0, 0.1) is 13.8 Å². The third kappa shape index (κ3) is 5.00. The highest BCUT2D eigenvalue weighted by Crippen LogP contribution is 2.38. The number of benzene rings is 2. The van der Waals surface area contributed by atoms with Gasteiger partial charge in [-0.3, -0.25) is 4.79 Å². The van der Waals surface area contributed by atoms with Gasteiger partial charge in [-0.25, -0.2) is 0 Å². The number of aryl methyl sites for hydroxylation is 2. The van der Waals surface area contributed by atoms with Crippen molar-refractivity contribution < 1.29 is 19.0 Å². The van der Waals surface area contributed by atoms with Crippen LogP contribution in [0.15, 0.2) is 36.4 Å². The van der Waals surface area contributed by atoms with Crippen LogP contribution in [-0.4, -0.2) is 47.4 Å². The summed E-state index contributed by atoms with van der Waals surface area (Å²) in [6.45, 7) is 4.25. The van der Waals surface area contributed by atoms with Crippen LogP contribution in [0.4, 0.5) is 0 Å². The van der Waals surface area contributed by atoms with E-state index in [-0.39, 0.29) is 12.5 Å². The fourth-order valence-corrected chi connectivity index (χ4v) is 2.97. The Morgan fingerprint density at radius 3 is 2.35 bits per heavy atom. The molecule has 0 spiro atoms. The summed E-state index contributed by atoms with van der Waals surface area (Å²) in [7, 11) is 4.61. The van der Waals surface area contributed by atoms with E-state index in [4.69, 9.17) is 14.2 Å². The van der Waals surface area contributed by atoms with Crippen molar-refractivity contribution in [2.75, 3.05) is 21.3 Å². The lowest BCUT2D eigenvalue weighted by atomic mass is 10.1. The number of methoxy groups -OCH3 is 3. The van der Waals surface area contributed by atoms with E-state index in [2.05, 4.69) is 20.8 Å². The van der Waals surface area contributed by atoms with Crippen molar-refractivity contribution in [1.82, 2.24) is 25.5 Å². The van der Waals surface area contributed by atoms with Gasteiger partial charge in [0.2, 0.25) is 11.7 Å². The summed E-state index contributed by atoms with van der Waals surface area (Å²) in [6.07, 6.45) is 3.08. The molecule has 162 valence electrons. The maximum Gasteiger partial charge on any atom is 0.244 e. The molecule has 0 radical (unpaired) electrons. The number of rotatable bonds is 8. The first-order valence-corrected chi connectivity index (χ1v) is 9.57. The second-order valence-electron chi connectivity index (χ2n) is 6.79. The number of hydrogen-bond donors (Lipinski definition) is 1. The van der Waals surface area contributed by atoms with Gasteiger partial charge in [0.1, 0.15) is 0 Å². The first-order chi connectivity index (χ1) is 15.0. The first kappa shape index (κ1) is 21.8. The van der Waals surface area contributed by atoms with E-state index in [9.17, 15) is 4.79 Å².